The number of benzene rings is 2. The number of rotatable bonds is 5. The number of halogens is 1. The van der Waals surface area contributed by atoms with Crippen molar-refractivity contribution < 1.29 is 0 Å². The molecule has 3 aromatic heterocycles. The second-order valence-electron chi connectivity index (χ2n) is 8.49. The summed E-state index contributed by atoms with van der Waals surface area (Å²) in [6, 6.07) is 17.8. The Morgan fingerprint density at radius 2 is 1.88 bits per heavy atom. The Morgan fingerprint density at radius 1 is 1.09 bits per heavy atom. The first-order chi connectivity index (χ1) is 16.6. The highest BCUT2D eigenvalue weighted by Crippen LogP contribution is 2.35. The molecule has 0 saturated heterocycles. The molecule has 1 aliphatic rings. The summed E-state index contributed by atoms with van der Waals surface area (Å²) >= 11 is 9.50. The predicted molar refractivity (Wildman–Crippen MR) is 140 cm³/mol. The lowest BCUT2D eigenvalue weighted by Gasteiger charge is -2.21. The molecule has 2 aromatic carbocycles. The van der Waals surface area contributed by atoms with Crippen LogP contribution in [-0.4, -0.2) is 43.4 Å². The summed E-state index contributed by atoms with van der Waals surface area (Å²) in [5.41, 5.74) is 3.16. The second-order valence-corrected chi connectivity index (χ2v) is 11.1. The zero-order valence-electron chi connectivity index (χ0n) is 18.6. The van der Waals surface area contributed by atoms with Crippen LogP contribution in [0.4, 0.5) is 0 Å². The van der Waals surface area contributed by atoms with Gasteiger partial charge in [0.25, 0.3) is 5.56 Å². The maximum absolute atomic E-state index is 13.9. The Morgan fingerprint density at radius 3 is 2.68 bits per heavy atom. The van der Waals surface area contributed by atoms with E-state index in [-0.39, 0.29) is 5.56 Å². The molecule has 1 aliphatic heterocycles. The van der Waals surface area contributed by atoms with E-state index in [1.807, 2.05) is 18.2 Å². The van der Waals surface area contributed by atoms with Crippen molar-refractivity contribution in [2.24, 2.45) is 0 Å². The Labute approximate surface area is 209 Å². The third-order valence-electron chi connectivity index (χ3n) is 6.22. The SMILES string of the molecule is CN1CCc2c(sc3c2c(=O)n(-c2ccc(Cl)cc2)c2nnc(SCCc4ccccc4)n32)C1. The summed E-state index contributed by atoms with van der Waals surface area (Å²) < 4.78 is 3.75. The van der Waals surface area contributed by atoms with E-state index in [0.29, 0.717) is 10.8 Å². The molecule has 0 unspecified atom stereocenters. The average Bonchev–Trinajstić information content (AvgIpc) is 3.42. The minimum absolute atomic E-state index is 0.0416. The Hall–Kier alpha value is -2.65. The first-order valence-corrected chi connectivity index (χ1v) is 13.3. The maximum Gasteiger partial charge on any atom is 0.268 e. The number of thiophene rings is 1. The van der Waals surface area contributed by atoms with Crippen LogP contribution in [0.25, 0.3) is 21.7 Å². The number of aromatic nitrogens is 4. The van der Waals surface area contributed by atoms with Gasteiger partial charge in [-0.25, -0.2) is 8.97 Å². The smallest absolute Gasteiger partial charge is 0.268 e. The summed E-state index contributed by atoms with van der Waals surface area (Å²) in [4.78, 5) is 18.4. The molecule has 34 heavy (non-hydrogen) atoms. The van der Waals surface area contributed by atoms with E-state index >= 15 is 0 Å². The molecule has 5 aromatic rings. The molecule has 0 N–H and O–H groups in total. The van der Waals surface area contributed by atoms with Crippen molar-refractivity contribution >= 4 is 50.7 Å². The van der Waals surface area contributed by atoms with E-state index in [1.54, 1.807) is 39.8 Å². The van der Waals surface area contributed by atoms with Crippen molar-refractivity contribution in [2.75, 3.05) is 19.3 Å². The molecule has 6 rings (SSSR count). The lowest BCUT2D eigenvalue weighted by Crippen LogP contribution is -2.27. The molecule has 0 fully saturated rings. The van der Waals surface area contributed by atoms with Crippen LogP contribution in [0.2, 0.25) is 5.02 Å². The van der Waals surface area contributed by atoms with Crippen LogP contribution in [0, 0.1) is 0 Å². The highest BCUT2D eigenvalue weighted by Gasteiger charge is 2.26. The van der Waals surface area contributed by atoms with E-state index in [1.165, 1.54) is 16.0 Å². The molecule has 0 bridgehead atoms. The molecule has 0 saturated carbocycles. The van der Waals surface area contributed by atoms with Crippen molar-refractivity contribution in [3.05, 3.63) is 86.0 Å². The molecule has 172 valence electrons. The molecule has 0 amide bonds. The largest absolute Gasteiger partial charge is 0.301 e. The van der Waals surface area contributed by atoms with Gasteiger partial charge in [-0.05, 0) is 55.3 Å². The lowest BCUT2D eigenvalue weighted by molar-refractivity contribution is 0.318. The van der Waals surface area contributed by atoms with E-state index in [9.17, 15) is 4.79 Å². The second kappa shape index (κ2) is 8.85. The Kier molecular flexibility index (Phi) is 5.69. The zero-order chi connectivity index (χ0) is 23.2. The van der Waals surface area contributed by atoms with Gasteiger partial charge in [0, 0.05) is 28.7 Å². The number of thioether (sulfide) groups is 1. The van der Waals surface area contributed by atoms with Gasteiger partial charge in [-0.2, -0.15) is 0 Å². The first-order valence-electron chi connectivity index (χ1n) is 11.2. The van der Waals surface area contributed by atoms with Crippen LogP contribution >= 0.6 is 34.7 Å². The molecule has 4 heterocycles. The minimum atomic E-state index is -0.0416. The van der Waals surface area contributed by atoms with E-state index < -0.39 is 0 Å². The number of fused-ring (bicyclic) bond motifs is 5. The first kappa shape index (κ1) is 21.9. The van der Waals surface area contributed by atoms with Gasteiger partial charge in [0.2, 0.25) is 5.78 Å². The van der Waals surface area contributed by atoms with E-state index in [4.69, 9.17) is 11.6 Å². The summed E-state index contributed by atoms with van der Waals surface area (Å²) in [5, 5.41) is 11.3. The Bertz CT molecular complexity index is 1560. The van der Waals surface area contributed by atoms with Gasteiger partial charge >= 0.3 is 0 Å². The lowest BCUT2D eigenvalue weighted by atomic mass is 10.1. The normalized spacial score (nSPS) is 14.2. The summed E-state index contributed by atoms with van der Waals surface area (Å²) in [5.74, 6) is 1.41. The van der Waals surface area contributed by atoms with E-state index in [0.717, 1.165) is 52.7 Å². The van der Waals surface area contributed by atoms with Gasteiger partial charge in [0.05, 0.1) is 11.1 Å². The molecular weight excluding hydrogens is 486 g/mol. The van der Waals surface area contributed by atoms with Gasteiger partial charge in [-0.3, -0.25) is 4.79 Å². The van der Waals surface area contributed by atoms with Gasteiger partial charge in [-0.1, -0.05) is 53.7 Å². The van der Waals surface area contributed by atoms with Crippen LogP contribution in [0.15, 0.2) is 64.5 Å². The third kappa shape index (κ3) is 3.75. The number of aryl methyl sites for hydroxylation is 1. The van der Waals surface area contributed by atoms with Crippen molar-refractivity contribution in [1.82, 2.24) is 24.1 Å². The Balaban J connectivity index is 1.53. The van der Waals surface area contributed by atoms with Gasteiger partial charge in [0.15, 0.2) is 5.16 Å². The number of nitrogens with zero attached hydrogens (tertiary/aromatic N) is 5. The summed E-state index contributed by atoms with van der Waals surface area (Å²) in [6.07, 6.45) is 1.80. The predicted octanol–water partition coefficient (Wildman–Crippen LogP) is 5.07. The van der Waals surface area contributed by atoms with Gasteiger partial charge in [-0.15, -0.1) is 21.5 Å². The topological polar surface area (TPSA) is 55.4 Å². The quantitative estimate of drug-likeness (QED) is 0.311. The van der Waals surface area contributed by atoms with E-state index in [2.05, 4.69) is 50.8 Å². The van der Waals surface area contributed by atoms with Gasteiger partial charge in [0.1, 0.15) is 4.83 Å². The molecule has 0 radical (unpaired) electrons. The van der Waals surface area contributed by atoms with Crippen LogP contribution in [-0.2, 0) is 19.4 Å². The maximum atomic E-state index is 13.9. The van der Waals surface area contributed by atoms with Crippen LogP contribution < -0.4 is 5.56 Å². The minimum Gasteiger partial charge on any atom is -0.301 e. The summed E-state index contributed by atoms with van der Waals surface area (Å²) in [7, 11) is 2.12. The monoisotopic (exact) mass is 507 g/mol. The van der Waals surface area contributed by atoms with Crippen LogP contribution in [0.5, 0.6) is 0 Å². The fourth-order valence-electron chi connectivity index (χ4n) is 4.50. The van der Waals surface area contributed by atoms with Gasteiger partial charge < -0.3 is 4.90 Å². The van der Waals surface area contributed by atoms with Crippen molar-refractivity contribution in [1.29, 1.82) is 0 Å². The fraction of sp³-hybridized carbons (Fsp3) is 0.240. The molecule has 0 atom stereocenters. The highest BCUT2D eigenvalue weighted by molar-refractivity contribution is 7.99. The molecular formula is C25H22ClN5OS2. The average molecular weight is 508 g/mol. The molecule has 6 nitrogen and oxygen atoms in total. The molecule has 9 heteroatoms. The third-order valence-corrected chi connectivity index (χ3v) is 8.60. The number of hydrogen-bond acceptors (Lipinski definition) is 6. The van der Waals surface area contributed by atoms with Crippen LogP contribution in [0.3, 0.4) is 0 Å². The zero-order valence-corrected chi connectivity index (χ0v) is 21.0. The number of likely N-dealkylation sites (N-methyl/N-ethyl adjacent to an activating group) is 1. The summed E-state index contributed by atoms with van der Waals surface area (Å²) in [6.45, 7) is 1.80. The molecule has 0 spiro atoms. The van der Waals surface area contributed by atoms with Crippen molar-refractivity contribution in [2.45, 2.75) is 24.5 Å². The van der Waals surface area contributed by atoms with Crippen molar-refractivity contribution in [3.63, 3.8) is 0 Å². The number of hydrogen-bond donors (Lipinski definition) is 0. The fourth-order valence-corrected chi connectivity index (χ4v) is 7.03. The van der Waals surface area contributed by atoms with Crippen LogP contribution in [0.1, 0.15) is 16.0 Å². The highest BCUT2D eigenvalue weighted by atomic mass is 35.5. The van der Waals surface area contributed by atoms with Crippen molar-refractivity contribution in [3.8, 4) is 5.69 Å². The standard InChI is InChI=1S/C25H22ClN5OS2/c1-29-13-11-19-20(15-29)34-23-21(19)22(32)30(18-9-7-17(26)8-10-18)24-27-28-25(31(23)24)33-14-12-16-5-3-2-4-6-16/h2-10H,11-15H2,1H3. The molecule has 0 aliphatic carbocycles.